The molecular weight excluding hydrogens is 497 g/mol. The minimum atomic E-state index is -4.64. The van der Waals surface area contributed by atoms with Gasteiger partial charge in [-0.05, 0) is 60.9 Å². The lowest BCUT2D eigenvalue weighted by Gasteiger charge is -2.24. The summed E-state index contributed by atoms with van der Waals surface area (Å²) >= 11 is 0. The predicted octanol–water partition coefficient (Wildman–Crippen LogP) is 4.14. The molecule has 0 saturated carbocycles. The summed E-state index contributed by atoms with van der Waals surface area (Å²) in [5.41, 5.74) is -0.280. The Morgan fingerprint density at radius 3 is 2.33 bits per heavy atom. The van der Waals surface area contributed by atoms with Gasteiger partial charge in [-0.3, -0.25) is 9.59 Å². The van der Waals surface area contributed by atoms with E-state index >= 15 is 0 Å². The second kappa shape index (κ2) is 10.7. The highest BCUT2D eigenvalue weighted by Crippen LogP contribution is 2.32. The molecular formula is C25H25F3N2O5S. The van der Waals surface area contributed by atoms with Gasteiger partial charge in [0.25, 0.3) is 11.5 Å². The van der Waals surface area contributed by atoms with E-state index in [1.54, 1.807) is 6.92 Å². The number of carbonyl (C=O) groups is 1. The lowest BCUT2D eigenvalue weighted by molar-refractivity contribution is -0.137. The molecule has 11 heteroatoms. The Morgan fingerprint density at radius 2 is 1.75 bits per heavy atom. The van der Waals surface area contributed by atoms with Crippen LogP contribution in [0.2, 0.25) is 0 Å². The lowest BCUT2D eigenvalue weighted by atomic mass is 10.1. The van der Waals surface area contributed by atoms with Gasteiger partial charge in [0.1, 0.15) is 5.56 Å². The van der Waals surface area contributed by atoms with E-state index in [1.165, 1.54) is 49.6 Å². The molecule has 1 heterocycles. The molecule has 1 amide bonds. The average molecular weight is 523 g/mol. The van der Waals surface area contributed by atoms with E-state index in [1.807, 2.05) is 0 Å². The summed E-state index contributed by atoms with van der Waals surface area (Å²) in [5, 5.41) is 0. The zero-order valence-electron chi connectivity index (χ0n) is 19.8. The second-order valence-corrected chi connectivity index (χ2v) is 10.3. The molecule has 0 aliphatic rings. The maximum absolute atomic E-state index is 13.6. The first-order valence-corrected chi connectivity index (χ1v) is 12.7. The first kappa shape index (κ1) is 27.2. The summed E-state index contributed by atoms with van der Waals surface area (Å²) in [6.07, 6.45) is -3.18. The van der Waals surface area contributed by atoms with Gasteiger partial charge in [-0.2, -0.15) is 13.2 Å². The number of benzene rings is 2. The van der Waals surface area contributed by atoms with Crippen molar-refractivity contribution in [2.24, 2.45) is 0 Å². The molecule has 0 saturated heterocycles. The number of ether oxygens (including phenoxy) is 1. The average Bonchev–Trinajstić information content (AvgIpc) is 2.81. The van der Waals surface area contributed by atoms with E-state index in [4.69, 9.17) is 4.74 Å². The molecule has 3 aromatic rings. The lowest BCUT2D eigenvalue weighted by Crippen LogP contribution is -2.35. The van der Waals surface area contributed by atoms with E-state index < -0.39 is 33.0 Å². The third-order valence-electron chi connectivity index (χ3n) is 5.57. The van der Waals surface area contributed by atoms with Gasteiger partial charge >= 0.3 is 6.18 Å². The Labute approximate surface area is 206 Å². The van der Waals surface area contributed by atoms with Gasteiger partial charge < -0.3 is 14.6 Å². The number of anilines is 1. The number of nitrogens with zero attached hydrogens (tertiary/aromatic N) is 1. The molecule has 7 nitrogen and oxygen atoms in total. The van der Waals surface area contributed by atoms with Crippen LogP contribution in [-0.2, 0) is 33.7 Å². The monoisotopic (exact) mass is 522 g/mol. The number of H-pyrrole nitrogens is 1. The van der Waals surface area contributed by atoms with Crippen LogP contribution in [0, 0.1) is 6.92 Å². The van der Waals surface area contributed by atoms with Gasteiger partial charge in [0, 0.05) is 24.7 Å². The van der Waals surface area contributed by atoms with Crippen molar-refractivity contribution in [2.75, 3.05) is 24.9 Å². The molecule has 0 bridgehead atoms. The van der Waals surface area contributed by atoms with Crippen LogP contribution in [-0.4, -0.2) is 39.3 Å². The molecule has 0 atom stereocenters. The summed E-state index contributed by atoms with van der Waals surface area (Å²) in [7, 11) is -1.95. The Kier molecular flexibility index (Phi) is 8.05. The van der Waals surface area contributed by atoms with Crippen LogP contribution >= 0.6 is 0 Å². The summed E-state index contributed by atoms with van der Waals surface area (Å²) in [6, 6.07) is 11.3. The number of pyridine rings is 1. The fourth-order valence-electron chi connectivity index (χ4n) is 3.60. The summed E-state index contributed by atoms with van der Waals surface area (Å²) in [4.78, 5) is 30.0. The fourth-order valence-corrected chi connectivity index (χ4v) is 4.23. The summed E-state index contributed by atoms with van der Waals surface area (Å²) < 4.78 is 68.8. The number of aromatic nitrogens is 1. The maximum atomic E-state index is 13.6. The van der Waals surface area contributed by atoms with Crippen LogP contribution in [0.25, 0.3) is 0 Å². The molecule has 2 aromatic carbocycles. The Bertz CT molecular complexity index is 1410. The number of amides is 1. The molecule has 1 aromatic heterocycles. The summed E-state index contributed by atoms with van der Waals surface area (Å²) in [6.45, 7) is 1.81. The third kappa shape index (κ3) is 6.41. The predicted molar refractivity (Wildman–Crippen MR) is 129 cm³/mol. The molecule has 0 aliphatic carbocycles. The number of hydrogen-bond acceptors (Lipinski definition) is 5. The van der Waals surface area contributed by atoms with E-state index in [2.05, 4.69) is 4.98 Å². The van der Waals surface area contributed by atoms with Crippen LogP contribution in [0.3, 0.4) is 0 Å². The van der Waals surface area contributed by atoms with Crippen molar-refractivity contribution in [3.63, 3.8) is 0 Å². The third-order valence-corrected chi connectivity index (χ3v) is 6.70. The van der Waals surface area contributed by atoms with Crippen molar-refractivity contribution >= 4 is 21.4 Å². The van der Waals surface area contributed by atoms with Crippen molar-refractivity contribution in [3.8, 4) is 0 Å². The molecule has 0 aliphatic heterocycles. The molecule has 0 radical (unpaired) electrons. The molecule has 1 N–H and O–H groups in total. The van der Waals surface area contributed by atoms with E-state index in [0.29, 0.717) is 29.8 Å². The Hall–Kier alpha value is -3.44. The van der Waals surface area contributed by atoms with Crippen LogP contribution in [0.1, 0.15) is 32.7 Å². The van der Waals surface area contributed by atoms with Crippen molar-refractivity contribution in [2.45, 2.75) is 31.0 Å². The number of nitrogens with one attached hydrogen (secondary N) is 1. The second-order valence-electron chi connectivity index (χ2n) is 8.26. The van der Waals surface area contributed by atoms with Gasteiger partial charge in [0.05, 0.1) is 23.6 Å². The maximum Gasteiger partial charge on any atom is 0.416 e. The number of halogens is 3. The largest absolute Gasteiger partial charge is 0.416 e. The Balaban J connectivity index is 2.10. The minimum absolute atomic E-state index is 0.0564. The number of aromatic amines is 1. The number of rotatable bonds is 8. The quantitative estimate of drug-likeness (QED) is 0.480. The smallest absolute Gasteiger partial charge is 0.384 e. The van der Waals surface area contributed by atoms with Crippen LogP contribution in [0.5, 0.6) is 0 Å². The van der Waals surface area contributed by atoms with Gasteiger partial charge in [0.2, 0.25) is 0 Å². The first-order valence-electron chi connectivity index (χ1n) is 10.8. The minimum Gasteiger partial charge on any atom is -0.384 e. The zero-order valence-corrected chi connectivity index (χ0v) is 20.7. The number of aryl methyl sites for hydroxylation is 1. The van der Waals surface area contributed by atoms with Crippen molar-refractivity contribution in [1.29, 1.82) is 0 Å². The van der Waals surface area contributed by atoms with E-state index in [-0.39, 0.29) is 22.7 Å². The molecule has 192 valence electrons. The molecule has 0 spiro atoms. The van der Waals surface area contributed by atoms with Gasteiger partial charge in [-0.25, -0.2) is 8.42 Å². The fraction of sp³-hybridized carbons (Fsp3) is 0.280. The standard InChI is InChI=1S/C25H25F3N2O5S/c1-16-18(11-12-35-2)13-22(23(31)29-16)24(32)30(20-6-4-5-19(14-20)25(26,27)28)15-17-7-9-21(10-8-17)36(3,33)34/h4-10,13-14H,11-12,15H2,1-3H3,(H,29,31). The topological polar surface area (TPSA) is 96.5 Å². The van der Waals surface area contributed by atoms with Crippen LogP contribution in [0.15, 0.2) is 64.3 Å². The van der Waals surface area contributed by atoms with Crippen LogP contribution < -0.4 is 10.5 Å². The number of alkyl halides is 3. The van der Waals surface area contributed by atoms with Gasteiger partial charge in [-0.1, -0.05) is 18.2 Å². The van der Waals surface area contributed by atoms with Crippen LogP contribution in [0.4, 0.5) is 18.9 Å². The van der Waals surface area contributed by atoms with Crippen molar-refractivity contribution in [3.05, 3.63) is 92.9 Å². The van der Waals surface area contributed by atoms with E-state index in [9.17, 15) is 31.2 Å². The van der Waals surface area contributed by atoms with Gasteiger partial charge in [0.15, 0.2) is 9.84 Å². The normalized spacial score (nSPS) is 11.9. The molecule has 3 rings (SSSR count). The Morgan fingerprint density at radius 1 is 1.08 bits per heavy atom. The first-order chi connectivity index (χ1) is 16.8. The molecule has 0 fully saturated rings. The van der Waals surface area contributed by atoms with Crippen molar-refractivity contribution < 1.29 is 31.1 Å². The SMILES string of the molecule is COCCc1cc(C(=O)N(Cc2ccc(S(C)(=O)=O)cc2)c2cccc(C(F)(F)F)c2)c(=O)[nH]c1C. The number of hydrogen-bond donors (Lipinski definition) is 1. The van der Waals surface area contributed by atoms with E-state index in [0.717, 1.165) is 23.3 Å². The molecule has 36 heavy (non-hydrogen) atoms. The van der Waals surface area contributed by atoms with Crippen molar-refractivity contribution in [1.82, 2.24) is 4.98 Å². The number of carbonyl (C=O) groups excluding carboxylic acids is 1. The van der Waals surface area contributed by atoms with Gasteiger partial charge in [-0.15, -0.1) is 0 Å². The zero-order chi connectivity index (χ0) is 26.7. The number of sulfone groups is 1. The highest BCUT2D eigenvalue weighted by Gasteiger charge is 2.32. The highest BCUT2D eigenvalue weighted by molar-refractivity contribution is 7.90. The molecule has 0 unspecified atom stereocenters. The number of methoxy groups -OCH3 is 1. The highest BCUT2D eigenvalue weighted by atomic mass is 32.2. The summed E-state index contributed by atoms with van der Waals surface area (Å²) in [5.74, 6) is -0.804.